The molecule has 1 saturated heterocycles. The maximum Gasteiger partial charge on any atom is 0.223 e. The standard InChI is InChI=1S/C25H34ClN3O3/c1-19-14-22(15-20(2)24(19)26)32-18-25(31)8-5-11-29(13-9-25)23(30)7-12-28(3)17-21-6-4-10-27-16-21/h4,6,10,14-16,31H,5,7-9,11-13,17-18H2,1-3H3. The topological polar surface area (TPSA) is 65.9 Å². The van der Waals surface area contributed by atoms with Crippen LogP contribution >= 0.6 is 11.6 Å². The first-order valence-electron chi connectivity index (χ1n) is 11.2. The van der Waals surface area contributed by atoms with Gasteiger partial charge in [-0.3, -0.25) is 9.78 Å². The minimum Gasteiger partial charge on any atom is -0.491 e. The van der Waals surface area contributed by atoms with Crippen LogP contribution in [0.3, 0.4) is 0 Å². The summed E-state index contributed by atoms with van der Waals surface area (Å²) in [6.45, 7) is 6.77. The Morgan fingerprint density at radius 3 is 2.72 bits per heavy atom. The molecule has 1 amide bonds. The van der Waals surface area contributed by atoms with Crippen LogP contribution < -0.4 is 4.74 Å². The van der Waals surface area contributed by atoms with Gasteiger partial charge in [0, 0.05) is 50.0 Å². The lowest BCUT2D eigenvalue weighted by atomic mass is 9.96. The molecule has 0 saturated carbocycles. The third-order valence-corrected chi connectivity index (χ3v) is 6.67. The molecule has 6 nitrogen and oxygen atoms in total. The number of aliphatic hydroxyl groups is 1. The summed E-state index contributed by atoms with van der Waals surface area (Å²) in [5.41, 5.74) is 2.11. The fourth-order valence-electron chi connectivity index (χ4n) is 4.11. The molecule has 2 heterocycles. The number of nitrogens with zero attached hydrogens (tertiary/aromatic N) is 3. The monoisotopic (exact) mass is 459 g/mol. The Labute approximate surface area is 196 Å². The van der Waals surface area contributed by atoms with Crippen LogP contribution in [0.1, 0.15) is 42.4 Å². The molecule has 1 fully saturated rings. The highest BCUT2D eigenvalue weighted by Gasteiger charge is 2.32. The molecule has 2 aromatic rings. The van der Waals surface area contributed by atoms with Crippen molar-refractivity contribution in [3.05, 3.63) is 58.4 Å². The Morgan fingerprint density at radius 2 is 2.03 bits per heavy atom. The molecule has 0 spiro atoms. The lowest BCUT2D eigenvalue weighted by Crippen LogP contribution is -2.39. The number of carbonyl (C=O) groups excluding carboxylic acids is 1. The van der Waals surface area contributed by atoms with Crippen LogP contribution in [0.15, 0.2) is 36.7 Å². The summed E-state index contributed by atoms with van der Waals surface area (Å²) in [6, 6.07) is 7.75. The molecule has 3 rings (SSSR count). The average Bonchev–Trinajstić information content (AvgIpc) is 2.97. The Kier molecular flexibility index (Phi) is 8.51. The van der Waals surface area contributed by atoms with Gasteiger partial charge in [-0.05, 0) is 75.0 Å². The molecular weight excluding hydrogens is 426 g/mol. The first-order chi connectivity index (χ1) is 15.3. The minimum atomic E-state index is -0.937. The zero-order chi connectivity index (χ0) is 23.1. The number of likely N-dealkylation sites (tertiary alicyclic amines) is 1. The second kappa shape index (κ2) is 11.1. The normalized spacial score (nSPS) is 19.1. The summed E-state index contributed by atoms with van der Waals surface area (Å²) in [6.07, 6.45) is 5.96. The summed E-state index contributed by atoms with van der Waals surface area (Å²) >= 11 is 6.23. The fourth-order valence-corrected chi connectivity index (χ4v) is 4.22. The van der Waals surface area contributed by atoms with Gasteiger partial charge in [-0.15, -0.1) is 0 Å². The molecule has 0 radical (unpaired) electrons. The number of aromatic nitrogens is 1. The molecule has 174 valence electrons. The number of pyridine rings is 1. The van der Waals surface area contributed by atoms with E-state index in [4.69, 9.17) is 16.3 Å². The van der Waals surface area contributed by atoms with Gasteiger partial charge in [-0.1, -0.05) is 17.7 Å². The van der Waals surface area contributed by atoms with E-state index in [1.165, 1.54) is 0 Å². The zero-order valence-electron chi connectivity index (χ0n) is 19.3. The number of amides is 1. The van der Waals surface area contributed by atoms with Crippen LogP contribution in [0.25, 0.3) is 0 Å². The van der Waals surface area contributed by atoms with Crippen molar-refractivity contribution >= 4 is 17.5 Å². The summed E-state index contributed by atoms with van der Waals surface area (Å²) < 4.78 is 5.93. The predicted octanol–water partition coefficient (Wildman–Crippen LogP) is 4.00. The van der Waals surface area contributed by atoms with Gasteiger partial charge in [0.1, 0.15) is 18.0 Å². The van der Waals surface area contributed by atoms with Crippen molar-refractivity contribution in [3.63, 3.8) is 0 Å². The van der Waals surface area contributed by atoms with Gasteiger partial charge in [-0.25, -0.2) is 0 Å². The third kappa shape index (κ3) is 6.92. The lowest BCUT2D eigenvalue weighted by molar-refractivity contribution is -0.131. The van der Waals surface area contributed by atoms with Crippen molar-refractivity contribution in [2.45, 2.75) is 51.7 Å². The van der Waals surface area contributed by atoms with E-state index in [-0.39, 0.29) is 12.5 Å². The zero-order valence-corrected chi connectivity index (χ0v) is 20.1. The maximum atomic E-state index is 12.8. The van der Waals surface area contributed by atoms with Crippen molar-refractivity contribution in [3.8, 4) is 5.75 Å². The predicted molar refractivity (Wildman–Crippen MR) is 127 cm³/mol. The second-order valence-electron chi connectivity index (χ2n) is 8.97. The van der Waals surface area contributed by atoms with Crippen molar-refractivity contribution in [1.29, 1.82) is 0 Å². The molecule has 1 aromatic heterocycles. The number of aryl methyl sites for hydroxylation is 2. The molecular formula is C25H34ClN3O3. The van der Waals surface area contributed by atoms with Gasteiger partial charge in [0.05, 0.1) is 0 Å². The summed E-state index contributed by atoms with van der Waals surface area (Å²) in [7, 11) is 2.01. The fraction of sp³-hybridized carbons (Fsp3) is 0.520. The Morgan fingerprint density at radius 1 is 1.28 bits per heavy atom. The van der Waals surface area contributed by atoms with Gasteiger partial charge < -0.3 is 19.6 Å². The van der Waals surface area contributed by atoms with Crippen LogP contribution in [0.2, 0.25) is 5.02 Å². The lowest BCUT2D eigenvalue weighted by Gasteiger charge is -2.27. The highest BCUT2D eigenvalue weighted by molar-refractivity contribution is 6.32. The minimum absolute atomic E-state index is 0.136. The first kappa shape index (κ1) is 24.5. The van der Waals surface area contributed by atoms with Crippen LogP contribution in [0, 0.1) is 13.8 Å². The van der Waals surface area contributed by atoms with Crippen molar-refractivity contribution in [2.24, 2.45) is 0 Å². The number of benzene rings is 1. The number of rotatable bonds is 8. The number of hydrogen-bond donors (Lipinski definition) is 1. The highest BCUT2D eigenvalue weighted by Crippen LogP contribution is 2.28. The number of ether oxygens (including phenoxy) is 1. The summed E-state index contributed by atoms with van der Waals surface area (Å²) in [5, 5.41) is 11.8. The van der Waals surface area contributed by atoms with E-state index in [0.29, 0.717) is 44.6 Å². The third-order valence-electron chi connectivity index (χ3n) is 6.07. The van der Waals surface area contributed by atoms with Crippen LogP contribution in [-0.2, 0) is 11.3 Å². The molecule has 0 aliphatic carbocycles. The molecule has 1 atom stereocenters. The SMILES string of the molecule is Cc1cc(OCC2(O)CCCN(C(=O)CCN(C)Cc3cccnc3)CC2)cc(C)c1Cl. The highest BCUT2D eigenvalue weighted by atomic mass is 35.5. The first-order valence-corrected chi connectivity index (χ1v) is 11.6. The molecule has 0 bridgehead atoms. The number of halogens is 1. The largest absolute Gasteiger partial charge is 0.491 e. The maximum absolute atomic E-state index is 12.8. The van der Waals surface area contributed by atoms with Crippen molar-refractivity contribution in [2.75, 3.05) is 33.3 Å². The Balaban J connectivity index is 1.46. The van der Waals surface area contributed by atoms with Gasteiger partial charge in [0.2, 0.25) is 5.91 Å². The van der Waals surface area contributed by atoms with Gasteiger partial charge in [-0.2, -0.15) is 0 Å². The molecule has 1 N–H and O–H groups in total. The van der Waals surface area contributed by atoms with Crippen LogP contribution in [0.4, 0.5) is 0 Å². The number of carbonyl (C=O) groups is 1. The molecule has 1 aliphatic heterocycles. The van der Waals surface area contributed by atoms with Gasteiger partial charge in [0.15, 0.2) is 0 Å². The molecule has 1 aromatic carbocycles. The van der Waals surface area contributed by atoms with Crippen molar-refractivity contribution < 1.29 is 14.6 Å². The second-order valence-corrected chi connectivity index (χ2v) is 9.35. The molecule has 1 unspecified atom stereocenters. The summed E-state index contributed by atoms with van der Waals surface area (Å²) in [4.78, 5) is 20.9. The smallest absolute Gasteiger partial charge is 0.223 e. The van der Waals surface area contributed by atoms with E-state index in [1.807, 2.05) is 56.3 Å². The molecule has 1 aliphatic rings. The van der Waals surface area contributed by atoms with Gasteiger partial charge >= 0.3 is 0 Å². The van der Waals surface area contributed by atoms with E-state index < -0.39 is 5.60 Å². The summed E-state index contributed by atoms with van der Waals surface area (Å²) in [5.74, 6) is 0.851. The number of hydrogen-bond acceptors (Lipinski definition) is 5. The van der Waals surface area contributed by atoms with Crippen LogP contribution in [-0.4, -0.2) is 64.7 Å². The van der Waals surface area contributed by atoms with E-state index in [1.54, 1.807) is 6.20 Å². The Hall–Kier alpha value is -2.15. The molecule has 32 heavy (non-hydrogen) atoms. The quantitative estimate of drug-likeness (QED) is 0.646. The van der Waals surface area contributed by atoms with E-state index in [2.05, 4.69) is 9.88 Å². The van der Waals surface area contributed by atoms with E-state index in [9.17, 15) is 9.90 Å². The average molecular weight is 460 g/mol. The molecule has 7 heteroatoms. The van der Waals surface area contributed by atoms with Crippen LogP contribution in [0.5, 0.6) is 5.75 Å². The van der Waals surface area contributed by atoms with E-state index in [0.717, 1.165) is 34.7 Å². The van der Waals surface area contributed by atoms with Crippen molar-refractivity contribution in [1.82, 2.24) is 14.8 Å². The Bertz CT molecular complexity index is 886. The van der Waals surface area contributed by atoms with Gasteiger partial charge in [0.25, 0.3) is 0 Å². The van der Waals surface area contributed by atoms with E-state index >= 15 is 0 Å².